The zero-order valence-corrected chi connectivity index (χ0v) is 24.4. The number of piperidine rings is 1. The summed E-state index contributed by atoms with van der Waals surface area (Å²) in [5.41, 5.74) is 7.65. The lowest BCUT2D eigenvalue weighted by Gasteiger charge is -2.42. The van der Waals surface area contributed by atoms with Crippen molar-refractivity contribution in [3.8, 4) is 11.5 Å². The first-order valence-electron chi connectivity index (χ1n) is 14.1. The minimum atomic E-state index is -0.505. The maximum Gasteiger partial charge on any atom is 0.223 e. The molecule has 0 aliphatic carbocycles. The molecule has 1 aliphatic rings. The van der Waals surface area contributed by atoms with E-state index in [9.17, 15) is 14.7 Å². The lowest BCUT2D eigenvalue weighted by molar-refractivity contribution is -0.129. The summed E-state index contributed by atoms with van der Waals surface area (Å²) in [6.45, 7) is 10.7. The number of carbonyl (C=O) groups excluding carboxylic acids is 3. The smallest absolute Gasteiger partial charge is 0.223 e. The number of phenolic OH excluding ortho intramolecular Hbond substituents is 1. The molecule has 1 aliphatic heterocycles. The van der Waals surface area contributed by atoms with Crippen LogP contribution in [0.3, 0.4) is 0 Å². The normalized spacial score (nSPS) is 13.6. The van der Waals surface area contributed by atoms with Gasteiger partial charge in [-0.15, -0.1) is 0 Å². The van der Waals surface area contributed by atoms with Gasteiger partial charge in [0.05, 0.1) is 12.0 Å². The van der Waals surface area contributed by atoms with Crippen LogP contribution in [0.1, 0.15) is 52.4 Å². The van der Waals surface area contributed by atoms with Crippen molar-refractivity contribution in [2.45, 2.75) is 52.4 Å². The predicted molar refractivity (Wildman–Crippen MR) is 162 cm³/mol. The number of amides is 1. The van der Waals surface area contributed by atoms with Crippen molar-refractivity contribution in [2.75, 3.05) is 56.2 Å². The second-order valence-corrected chi connectivity index (χ2v) is 9.76. The van der Waals surface area contributed by atoms with Crippen molar-refractivity contribution >= 4 is 30.4 Å². The van der Waals surface area contributed by atoms with Crippen molar-refractivity contribution < 1.29 is 24.2 Å². The Kier molecular flexibility index (Phi) is 16.8. The number of hydrogen-bond acceptors (Lipinski definition) is 8. The summed E-state index contributed by atoms with van der Waals surface area (Å²) < 4.78 is 5.81. The van der Waals surface area contributed by atoms with Gasteiger partial charge in [0.1, 0.15) is 24.6 Å². The Labute approximate surface area is 239 Å². The number of anilines is 2. The summed E-state index contributed by atoms with van der Waals surface area (Å²) >= 11 is 0. The number of nitrogens with zero attached hydrogens (tertiary/aromatic N) is 2. The van der Waals surface area contributed by atoms with Crippen LogP contribution in [0.5, 0.6) is 11.5 Å². The number of likely N-dealkylation sites (N-methyl/N-ethyl adjacent to an activating group) is 1. The molecule has 4 N–H and O–H groups in total. The van der Waals surface area contributed by atoms with Crippen molar-refractivity contribution in [3.63, 3.8) is 0 Å². The first-order valence-corrected chi connectivity index (χ1v) is 14.1. The van der Waals surface area contributed by atoms with E-state index in [-0.39, 0.29) is 11.7 Å². The van der Waals surface area contributed by atoms with Gasteiger partial charge in [0.2, 0.25) is 5.91 Å². The molecule has 1 fully saturated rings. The minimum Gasteiger partial charge on any atom is -0.508 e. The minimum absolute atomic E-state index is 0.203. The van der Waals surface area contributed by atoms with E-state index in [1.54, 1.807) is 12.1 Å². The molecule has 0 spiro atoms. The Morgan fingerprint density at radius 3 is 2.20 bits per heavy atom. The van der Waals surface area contributed by atoms with Gasteiger partial charge in [-0.25, -0.2) is 0 Å². The van der Waals surface area contributed by atoms with E-state index in [1.165, 1.54) is 0 Å². The SMILES string of the molecule is C=O.CCC=O.CCCCOc1ccc(N(CCNC)CCC2(C(N)=O)CCN(c3ccc(O)cc3)CC2)cc1. The maximum absolute atomic E-state index is 12.6. The number of nitrogens with one attached hydrogen (secondary N) is 1. The van der Waals surface area contributed by atoms with E-state index in [0.29, 0.717) is 6.42 Å². The van der Waals surface area contributed by atoms with E-state index < -0.39 is 5.41 Å². The number of phenols is 1. The van der Waals surface area contributed by atoms with Crippen LogP contribution in [0.25, 0.3) is 0 Å². The topological polar surface area (TPSA) is 125 Å². The molecule has 1 heterocycles. The molecule has 0 radical (unpaired) electrons. The Balaban J connectivity index is 0.00000122. The first kappa shape index (κ1) is 34.4. The van der Waals surface area contributed by atoms with Gasteiger partial charge in [0, 0.05) is 50.5 Å². The fourth-order valence-corrected chi connectivity index (χ4v) is 4.53. The average Bonchev–Trinajstić information content (AvgIpc) is 2.99. The highest BCUT2D eigenvalue weighted by Crippen LogP contribution is 2.37. The highest BCUT2D eigenvalue weighted by atomic mass is 16.5. The van der Waals surface area contributed by atoms with Gasteiger partial charge >= 0.3 is 0 Å². The number of ether oxygens (including phenoxy) is 1. The summed E-state index contributed by atoms with van der Waals surface area (Å²) in [6.07, 6.45) is 5.87. The molecule has 0 saturated carbocycles. The lowest BCUT2D eigenvalue weighted by Crippen LogP contribution is -2.49. The largest absolute Gasteiger partial charge is 0.508 e. The molecule has 222 valence electrons. The van der Waals surface area contributed by atoms with Crippen LogP contribution < -0.4 is 25.6 Å². The number of carbonyl (C=O) groups is 3. The zero-order chi connectivity index (χ0) is 29.8. The maximum atomic E-state index is 12.6. The molecule has 40 heavy (non-hydrogen) atoms. The number of rotatable bonds is 14. The number of unbranched alkanes of at least 4 members (excludes halogenated alkanes) is 1. The molecule has 0 bridgehead atoms. The van der Waals surface area contributed by atoms with Crippen LogP contribution >= 0.6 is 0 Å². The molecule has 9 nitrogen and oxygen atoms in total. The van der Waals surface area contributed by atoms with E-state index in [2.05, 4.69) is 34.2 Å². The second kappa shape index (κ2) is 19.5. The molecule has 9 heteroatoms. The fourth-order valence-electron chi connectivity index (χ4n) is 4.53. The van der Waals surface area contributed by atoms with E-state index in [0.717, 1.165) is 94.8 Å². The van der Waals surface area contributed by atoms with Gasteiger partial charge < -0.3 is 40.3 Å². The molecule has 0 unspecified atom stereocenters. The van der Waals surface area contributed by atoms with Gasteiger partial charge in [0.25, 0.3) is 0 Å². The summed E-state index contributed by atoms with van der Waals surface area (Å²) in [6, 6.07) is 15.5. The van der Waals surface area contributed by atoms with Crippen LogP contribution in [0.2, 0.25) is 0 Å². The van der Waals surface area contributed by atoms with Crippen LogP contribution in [0, 0.1) is 5.41 Å². The van der Waals surface area contributed by atoms with Gasteiger partial charge in [0.15, 0.2) is 0 Å². The lowest BCUT2D eigenvalue weighted by atomic mass is 9.74. The van der Waals surface area contributed by atoms with E-state index >= 15 is 0 Å². The fraction of sp³-hybridized carbons (Fsp3) is 0.516. The molecule has 0 aromatic heterocycles. The van der Waals surface area contributed by atoms with Gasteiger partial charge in [-0.05, 0) is 81.3 Å². The summed E-state index contributed by atoms with van der Waals surface area (Å²) in [4.78, 5) is 34.4. The van der Waals surface area contributed by atoms with Gasteiger partial charge in [-0.3, -0.25) is 4.79 Å². The molecule has 0 atom stereocenters. The van der Waals surface area contributed by atoms with Crippen molar-refractivity contribution in [1.29, 1.82) is 0 Å². The number of hydrogen-bond donors (Lipinski definition) is 3. The monoisotopic (exact) mass is 556 g/mol. The van der Waals surface area contributed by atoms with Crippen molar-refractivity contribution in [3.05, 3.63) is 48.5 Å². The molecular formula is C31H48N4O5. The average molecular weight is 557 g/mol. The molecule has 1 saturated heterocycles. The number of primary amides is 1. The van der Waals surface area contributed by atoms with Gasteiger partial charge in [-0.1, -0.05) is 20.3 Å². The van der Waals surface area contributed by atoms with Crippen LogP contribution in [0.15, 0.2) is 48.5 Å². The Hall–Kier alpha value is -3.59. The Morgan fingerprint density at radius 2 is 1.70 bits per heavy atom. The molecule has 2 aromatic carbocycles. The summed E-state index contributed by atoms with van der Waals surface area (Å²) in [7, 11) is 1.95. The van der Waals surface area contributed by atoms with Crippen LogP contribution in [0.4, 0.5) is 11.4 Å². The van der Waals surface area contributed by atoms with Crippen molar-refractivity contribution in [2.24, 2.45) is 11.1 Å². The number of benzene rings is 2. The van der Waals surface area contributed by atoms with E-state index in [1.807, 2.05) is 45.0 Å². The zero-order valence-electron chi connectivity index (χ0n) is 24.4. The molecule has 1 amide bonds. The third-order valence-corrected chi connectivity index (χ3v) is 7.09. The van der Waals surface area contributed by atoms with Gasteiger partial charge in [-0.2, -0.15) is 0 Å². The highest BCUT2D eigenvalue weighted by molar-refractivity contribution is 5.81. The highest BCUT2D eigenvalue weighted by Gasteiger charge is 2.40. The molecular weight excluding hydrogens is 508 g/mol. The Morgan fingerprint density at radius 1 is 1.10 bits per heavy atom. The first-order chi connectivity index (χ1) is 19.4. The number of aldehydes is 1. The van der Waals surface area contributed by atoms with E-state index in [4.69, 9.17) is 15.3 Å². The quantitative estimate of drug-likeness (QED) is 0.234. The second-order valence-electron chi connectivity index (χ2n) is 9.76. The van der Waals surface area contributed by atoms with Crippen LogP contribution in [-0.2, 0) is 14.4 Å². The molecule has 2 aromatic rings. The third-order valence-electron chi connectivity index (χ3n) is 7.09. The molecule has 3 rings (SSSR count). The third kappa shape index (κ3) is 11.3. The Bertz CT molecular complexity index is 961. The number of nitrogens with two attached hydrogens (primary N) is 1. The van der Waals surface area contributed by atoms with Crippen LogP contribution in [-0.4, -0.2) is 70.5 Å². The standard InChI is InChI=1S/C27H40N4O3.C3H6O.CH2O/c1-3-4-21-34-25-11-7-23(8-12-25)31(20-16-29-2)19-15-27(26(28)33)13-17-30(18-14-27)22-5-9-24(32)10-6-22;1-2-3-4;1-2/h5-12,29,32H,3-4,13-21H2,1-2H3,(H2,28,33);3H,2H2,1H3;1H2. The summed E-state index contributed by atoms with van der Waals surface area (Å²) in [5, 5.41) is 12.8. The number of aromatic hydroxyl groups is 1. The predicted octanol–water partition coefficient (Wildman–Crippen LogP) is 4.17. The van der Waals surface area contributed by atoms with Crippen molar-refractivity contribution in [1.82, 2.24) is 5.32 Å². The summed E-state index contributed by atoms with van der Waals surface area (Å²) in [5.74, 6) is 0.946.